The average Bonchev–Trinajstić information content (AvgIpc) is 3.14. The van der Waals surface area contributed by atoms with Gasteiger partial charge in [0.25, 0.3) is 0 Å². The van der Waals surface area contributed by atoms with Crippen molar-refractivity contribution in [1.82, 2.24) is 5.32 Å². The van der Waals surface area contributed by atoms with Crippen LogP contribution in [0.1, 0.15) is 35.7 Å². The molecule has 2 N–H and O–H groups in total. The minimum atomic E-state index is -0.478. The molecule has 3 rings (SSSR count). The first kappa shape index (κ1) is 21.1. The summed E-state index contributed by atoms with van der Waals surface area (Å²) in [6, 6.07) is 12.8. The van der Waals surface area contributed by atoms with E-state index in [0.717, 1.165) is 24.2 Å². The van der Waals surface area contributed by atoms with Crippen LogP contribution < -0.4 is 15.5 Å². The molecule has 8 heteroatoms. The van der Waals surface area contributed by atoms with Gasteiger partial charge in [-0.3, -0.25) is 4.79 Å². The highest BCUT2D eigenvalue weighted by Crippen LogP contribution is 2.23. The molecule has 6 nitrogen and oxygen atoms in total. The van der Waals surface area contributed by atoms with E-state index in [9.17, 15) is 9.59 Å². The predicted molar refractivity (Wildman–Crippen MR) is 118 cm³/mol. The molecule has 0 aromatic heterocycles. The molecule has 0 bridgehead atoms. The molecule has 1 amide bonds. The summed E-state index contributed by atoms with van der Waals surface area (Å²) in [7, 11) is 0. The number of rotatable bonds is 6. The fourth-order valence-electron chi connectivity index (χ4n) is 3.08. The minimum absolute atomic E-state index is 0.160. The van der Waals surface area contributed by atoms with Crippen LogP contribution >= 0.6 is 23.8 Å². The number of esters is 1. The monoisotopic (exact) mass is 431 g/mol. The van der Waals surface area contributed by atoms with Gasteiger partial charge in [-0.25, -0.2) is 4.79 Å². The number of benzene rings is 2. The number of nitrogens with zero attached hydrogens (tertiary/aromatic N) is 1. The lowest BCUT2D eigenvalue weighted by molar-refractivity contribution is -0.117. The zero-order chi connectivity index (χ0) is 20.8. The second-order valence-corrected chi connectivity index (χ2v) is 7.36. The summed E-state index contributed by atoms with van der Waals surface area (Å²) >= 11 is 11.4. The number of carbonyl (C=O) groups excluding carboxylic acids is 2. The Hall–Kier alpha value is -2.64. The quantitative estimate of drug-likeness (QED) is 0.529. The Kier molecular flexibility index (Phi) is 7.06. The summed E-state index contributed by atoms with van der Waals surface area (Å²) in [6.07, 6.45) is 1.50. The van der Waals surface area contributed by atoms with Gasteiger partial charge in [0.05, 0.1) is 17.2 Å². The molecular formula is C21H22ClN3O3S. The van der Waals surface area contributed by atoms with Crippen molar-refractivity contribution in [3.8, 4) is 0 Å². The third kappa shape index (κ3) is 5.46. The Morgan fingerprint density at radius 2 is 2.10 bits per heavy atom. The maximum absolute atomic E-state index is 12.0. The first-order valence-electron chi connectivity index (χ1n) is 9.38. The van der Waals surface area contributed by atoms with E-state index < -0.39 is 5.97 Å². The summed E-state index contributed by atoms with van der Waals surface area (Å²) in [6.45, 7) is 3.27. The average molecular weight is 432 g/mol. The summed E-state index contributed by atoms with van der Waals surface area (Å²) in [5, 5.41) is 6.90. The van der Waals surface area contributed by atoms with Gasteiger partial charge in [-0.1, -0.05) is 23.7 Å². The second kappa shape index (κ2) is 9.71. The van der Waals surface area contributed by atoms with Gasteiger partial charge in [0.15, 0.2) is 5.11 Å². The number of hydrogen-bond donors (Lipinski definition) is 2. The minimum Gasteiger partial charge on any atom is -0.462 e. The molecule has 2 aromatic rings. The summed E-state index contributed by atoms with van der Waals surface area (Å²) in [4.78, 5) is 25.7. The van der Waals surface area contributed by atoms with Gasteiger partial charge in [0, 0.05) is 30.9 Å². The van der Waals surface area contributed by atoms with Crippen LogP contribution in [-0.4, -0.2) is 30.1 Å². The van der Waals surface area contributed by atoms with Crippen LogP contribution in [0.5, 0.6) is 0 Å². The molecule has 1 saturated heterocycles. The first-order valence-corrected chi connectivity index (χ1v) is 10.2. The van der Waals surface area contributed by atoms with Crippen molar-refractivity contribution in [1.29, 1.82) is 0 Å². The molecule has 1 aliphatic rings. The maximum Gasteiger partial charge on any atom is 0.339 e. The topological polar surface area (TPSA) is 70.7 Å². The molecule has 1 fully saturated rings. The van der Waals surface area contributed by atoms with Crippen LogP contribution in [0.15, 0.2) is 42.5 Å². The number of anilines is 2. The number of nitrogens with one attached hydrogen (secondary N) is 2. The van der Waals surface area contributed by atoms with Crippen molar-refractivity contribution in [2.45, 2.75) is 26.3 Å². The number of thiocarbonyl (C=S) groups is 1. The first-order chi connectivity index (χ1) is 14.0. The van der Waals surface area contributed by atoms with Crippen LogP contribution in [0.4, 0.5) is 11.4 Å². The van der Waals surface area contributed by atoms with E-state index in [-0.39, 0.29) is 18.1 Å². The fraction of sp³-hybridized carbons (Fsp3) is 0.286. The lowest BCUT2D eigenvalue weighted by atomic mass is 10.2. The van der Waals surface area contributed by atoms with Gasteiger partial charge in [0.2, 0.25) is 5.91 Å². The van der Waals surface area contributed by atoms with Crippen molar-refractivity contribution in [3.05, 3.63) is 58.6 Å². The molecule has 1 heterocycles. The number of ether oxygens (including phenoxy) is 1. The second-order valence-electron chi connectivity index (χ2n) is 6.54. The predicted octanol–water partition coefficient (Wildman–Crippen LogP) is 4.13. The van der Waals surface area contributed by atoms with Crippen molar-refractivity contribution < 1.29 is 14.3 Å². The largest absolute Gasteiger partial charge is 0.462 e. The van der Waals surface area contributed by atoms with Crippen molar-refractivity contribution in [2.24, 2.45) is 0 Å². The van der Waals surface area contributed by atoms with E-state index in [1.54, 1.807) is 25.1 Å². The summed E-state index contributed by atoms with van der Waals surface area (Å²) in [5.41, 5.74) is 2.83. The third-order valence-electron chi connectivity index (χ3n) is 4.47. The van der Waals surface area contributed by atoms with Crippen molar-refractivity contribution in [2.75, 3.05) is 23.4 Å². The van der Waals surface area contributed by atoms with Gasteiger partial charge in [0.1, 0.15) is 0 Å². The van der Waals surface area contributed by atoms with E-state index in [4.69, 9.17) is 28.6 Å². The smallest absolute Gasteiger partial charge is 0.339 e. The number of hydrogen-bond acceptors (Lipinski definition) is 4. The van der Waals surface area contributed by atoms with Crippen molar-refractivity contribution in [3.63, 3.8) is 0 Å². The van der Waals surface area contributed by atoms with Crippen molar-refractivity contribution >= 4 is 52.2 Å². The standard InChI is InChI=1S/C21H22ClN3O3S/c1-2-28-20(27)17-12-15(8-9-18(17)22)24-21(29)23-13-14-5-3-6-16(11-14)25-10-4-7-19(25)26/h3,5-6,8-9,11-12H,2,4,7,10,13H2,1H3,(H2,23,24,29). The number of halogens is 1. The highest BCUT2D eigenvalue weighted by Gasteiger charge is 2.21. The summed E-state index contributed by atoms with van der Waals surface area (Å²) < 4.78 is 5.01. The Morgan fingerprint density at radius 1 is 1.28 bits per heavy atom. The van der Waals surface area contributed by atoms with Gasteiger partial charge in [-0.2, -0.15) is 0 Å². The highest BCUT2D eigenvalue weighted by molar-refractivity contribution is 7.80. The van der Waals surface area contributed by atoms with Gasteiger partial charge in [-0.05, 0) is 61.5 Å². The molecule has 29 heavy (non-hydrogen) atoms. The van der Waals surface area contributed by atoms with E-state index in [2.05, 4.69) is 10.6 Å². The molecule has 152 valence electrons. The molecule has 0 aliphatic carbocycles. The lowest BCUT2D eigenvalue weighted by Crippen LogP contribution is -2.28. The van der Waals surface area contributed by atoms with Crippen LogP contribution in [0.25, 0.3) is 0 Å². The molecule has 0 spiro atoms. The van der Waals surface area contributed by atoms with Crippen LogP contribution in [0, 0.1) is 0 Å². The molecule has 0 unspecified atom stereocenters. The Balaban J connectivity index is 1.60. The van der Waals surface area contributed by atoms with Gasteiger partial charge < -0.3 is 20.3 Å². The van der Waals surface area contributed by atoms with E-state index in [1.165, 1.54) is 0 Å². The van der Waals surface area contributed by atoms with Gasteiger partial charge in [-0.15, -0.1) is 0 Å². The number of carbonyl (C=O) groups is 2. The lowest BCUT2D eigenvalue weighted by Gasteiger charge is -2.17. The molecule has 1 aliphatic heterocycles. The Morgan fingerprint density at radius 3 is 2.83 bits per heavy atom. The normalized spacial score (nSPS) is 13.3. The Bertz CT molecular complexity index is 935. The maximum atomic E-state index is 12.0. The van der Waals surface area contributed by atoms with E-state index in [1.807, 2.05) is 29.2 Å². The Labute approximate surface area is 180 Å². The SMILES string of the molecule is CCOC(=O)c1cc(NC(=S)NCc2cccc(N3CCCC3=O)c2)ccc1Cl. The van der Waals surface area contributed by atoms with Crippen LogP contribution in [0.2, 0.25) is 5.02 Å². The zero-order valence-electron chi connectivity index (χ0n) is 16.0. The molecule has 2 aromatic carbocycles. The zero-order valence-corrected chi connectivity index (χ0v) is 17.6. The summed E-state index contributed by atoms with van der Waals surface area (Å²) in [5.74, 6) is -0.319. The molecule has 0 atom stereocenters. The number of amides is 1. The highest BCUT2D eigenvalue weighted by atomic mass is 35.5. The third-order valence-corrected chi connectivity index (χ3v) is 5.04. The molecule has 0 saturated carbocycles. The van der Waals surface area contributed by atoms with E-state index in [0.29, 0.717) is 28.8 Å². The van der Waals surface area contributed by atoms with Crippen LogP contribution in [-0.2, 0) is 16.1 Å². The van der Waals surface area contributed by atoms with Crippen LogP contribution in [0.3, 0.4) is 0 Å². The van der Waals surface area contributed by atoms with E-state index >= 15 is 0 Å². The van der Waals surface area contributed by atoms with Gasteiger partial charge >= 0.3 is 5.97 Å². The fourth-order valence-corrected chi connectivity index (χ4v) is 3.47. The molecular weight excluding hydrogens is 410 g/mol. The molecule has 0 radical (unpaired) electrons.